The minimum absolute atomic E-state index is 0.0644. The van der Waals surface area contributed by atoms with E-state index in [0.29, 0.717) is 13.1 Å². The van der Waals surface area contributed by atoms with Crippen LogP contribution in [0.1, 0.15) is 42.0 Å². The largest absolute Gasteiger partial charge is 0.345 e. The zero-order valence-electron chi connectivity index (χ0n) is 14.3. The van der Waals surface area contributed by atoms with Crippen molar-refractivity contribution in [2.24, 2.45) is 0 Å². The molecule has 1 aromatic carbocycles. The van der Waals surface area contributed by atoms with Crippen molar-refractivity contribution >= 4 is 38.9 Å². The summed E-state index contributed by atoms with van der Waals surface area (Å²) in [5.74, 6) is -0.400. The van der Waals surface area contributed by atoms with Crippen LogP contribution in [0.4, 0.5) is 0 Å². The van der Waals surface area contributed by atoms with Gasteiger partial charge >= 0.3 is 0 Å². The van der Waals surface area contributed by atoms with Gasteiger partial charge in [0.25, 0.3) is 5.91 Å². The van der Waals surface area contributed by atoms with Gasteiger partial charge in [-0.1, -0.05) is 31.5 Å². The number of thiophene rings is 1. The topological polar surface area (TPSA) is 66.5 Å². The van der Waals surface area contributed by atoms with Crippen LogP contribution in [0.15, 0.2) is 40.6 Å². The van der Waals surface area contributed by atoms with Gasteiger partial charge in [0.15, 0.2) is 0 Å². The maximum atomic E-state index is 12.6. The molecule has 25 heavy (non-hydrogen) atoms. The third-order valence-electron chi connectivity index (χ3n) is 3.84. The second kappa shape index (κ2) is 8.31. The van der Waals surface area contributed by atoms with Crippen LogP contribution < -0.4 is 5.32 Å². The summed E-state index contributed by atoms with van der Waals surface area (Å²) < 4.78 is 26.6. The lowest BCUT2D eigenvalue weighted by Crippen LogP contribution is -2.31. The SMILES string of the molecule is CCN(CC)S(=O)(=O)c1ccc(Cl)c(C(=O)NC(C)c2cccs2)c1. The van der Waals surface area contributed by atoms with E-state index in [-0.39, 0.29) is 21.5 Å². The lowest BCUT2D eigenvalue weighted by atomic mass is 10.2. The standard InChI is InChI=1S/C17H21ClN2O3S2/c1-4-20(5-2)25(22,23)13-8-9-15(18)14(11-13)17(21)19-12(3)16-7-6-10-24-16/h6-12H,4-5H2,1-3H3,(H,19,21). The van der Waals surface area contributed by atoms with E-state index in [9.17, 15) is 13.2 Å². The summed E-state index contributed by atoms with van der Waals surface area (Å²) in [6, 6.07) is 7.86. The normalized spacial score (nSPS) is 13.0. The first-order valence-electron chi connectivity index (χ1n) is 7.95. The molecule has 0 aliphatic heterocycles. The van der Waals surface area contributed by atoms with Crippen LogP contribution >= 0.6 is 22.9 Å². The van der Waals surface area contributed by atoms with E-state index >= 15 is 0 Å². The van der Waals surface area contributed by atoms with E-state index in [1.54, 1.807) is 13.8 Å². The van der Waals surface area contributed by atoms with Crippen LogP contribution in [0.5, 0.6) is 0 Å². The Labute approximate surface area is 157 Å². The van der Waals surface area contributed by atoms with Gasteiger partial charge in [-0.15, -0.1) is 11.3 Å². The number of carbonyl (C=O) groups is 1. The fourth-order valence-electron chi connectivity index (χ4n) is 2.43. The third kappa shape index (κ3) is 4.41. The van der Waals surface area contributed by atoms with Crippen molar-refractivity contribution < 1.29 is 13.2 Å². The molecule has 1 N–H and O–H groups in total. The van der Waals surface area contributed by atoms with Gasteiger partial charge in [0, 0.05) is 18.0 Å². The molecular formula is C17H21ClN2O3S2. The molecule has 8 heteroatoms. The van der Waals surface area contributed by atoms with E-state index in [4.69, 9.17) is 11.6 Å². The number of sulfonamides is 1. The van der Waals surface area contributed by atoms with Gasteiger partial charge < -0.3 is 5.32 Å². The Bertz CT molecular complexity index is 832. The van der Waals surface area contributed by atoms with Crippen LogP contribution in [-0.4, -0.2) is 31.7 Å². The molecule has 1 unspecified atom stereocenters. The Morgan fingerprint density at radius 2 is 1.96 bits per heavy atom. The van der Waals surface area contributed by atoms with E-state index in [2.05, 4.69) is 5.32 Å². The Morgan fingerprint density at radius 3 is 2.52 bits per heavy atom. The van der Waals surface area contributed by atoms with Crippen LogP contribution in [-0.2, 0) is 10.0 Å². The second-order valence-electron chi connectivity index (χ2n) is 5.44. The first-order chi connectivity index (χ1) is 11.8. The molecule has 2 rings (SSSR count). The first kappa shape index (κ1) is 19.9. The molecule has 1 heterocycles. The summed E-state index contributed by atoms with van der Waals surface area (Å²) in [6.07, 6.45) is 0. The average molecular weight is 401 g/mol. The fourth-order valence-corrected chi connectivity index (χ4v) is 4.86. The average Bonchev–Trinajstić information content (AvgIpc) is 3.10. The zero-order valence-corrected chi connectivity index (χ0v) is 16.7. The molecule has 0 saturated carbocycles. The second-order valence-corrected chi connectivity index (χ2v) is 8.77. The number of hydrogen-bond acceptors (Lipinski definition) is 4. The van der Waals surface area contributed by atoms with Crippen molar-refractivity contribution in [3.63, 3.8) is 0 Å². The summed E-state index contributed by atoms with van der Waals surface area (Å²) in [7, 11) is -3.65. The molecule has 0 bridgehead atoms. The number of benzene rings is 1. The highest BCUT2D eigenvalue weighted by molar-refractivity contribution is 7.89. The number of hydrogen-bond donors (Lipinski definition) is 1. The summed E-state index contributed by atoms with van der Waals surface area (Å²) in [5, 5.41) is 5.00. The van der Waals surface area contributed by atoms with Gasteiger partial charge in [0.05, 0.1) is 21.5 Å². The lowest BCUT2D eigenvalue weighted by molar-refractivity contribution is 0.0940. The number of halogens is 1. The Hall–Kier alpha value is -1.41. The van der Waals surface area contributed by atoms with Crippen LogP contribution in [0, 0.1) is 0 Å². The van der Waals surface area contributed by atoms with Crippen molar-refractivity contribution in [2.75, 3.05) is 13.1 Å². The third-order valence-corrected chi connectivity index (χ3v) is 7.27. The van der Waals surface area contributed by atoms with Gasteiger partial charge in [-0.05, 0) is 36.6 Å². The zero-order chi connectivity index (χ0) is 18.6. The quantitative estimate of drug-likeness (QED) is 0.765. The molecule has 0 spiro atoms. The van der Waals surface area contributed by atoms with Crippen molar-refractivity contribution in [2.45, 2.75) is 31.7 Å². The molecule has 0 aliphatic rings. The predicted octanol–water partition coefficient (Wildman–Crippen LogP) is 3.92. The van der Waals surface area contributed by atoms with Crippen LogP contribution in [0.2, 0.25) is 5.02 Å². The molecule has 2 aromatic rings. The molecule has 0 aliphatic carbocycles. The maximum Gasteiger partial charge on any atom is 0.253 e. The highest BCUT2D eigenvalue weighted by Crippen LogP contribution is 2.24. The van der Waals surface area contributed by atoms with Gasteiger partial charge in [-0.3, -0.25) is 4.79 Å². The number of rotatable bonds is 7. The summed E-state index contributed by atoms with van der Waals surface area (Å²) in [4.78, 5) is 13.6. The van der Waals surface area contributed by atoms with Gasteiger partial charge in [-0.2, -0.15) is 4.31 Å². The number of nitrogens with zero attached hydrogens (tertiary/aromatic N) is 1. The summed E-state index contributed by atoms with van der Waals surface area (Å²) in [5.41, 5.74) is 0.151. The predicted molar refractivity (Wildman–Crippen MR) is 102 cm³/mol. The highest BCUT2D eigenvalue weighted by atomic mass is 35.5. The van der Waals surface area contributed by atoms with Gasteiger partial charge in [0.1, 0.15) is 0 Å². The molecule has 0 fully saturated rings. The highest BCUT2D eigenvalue weighted by Gasteiger charge is 2.24. The van der Waals surface area contributed by atoms with Crippen LogP contribution in [0.3, 0.4) is 0 Å². The number of nitrogens with one attached hydrogen (secondary N) is 1. The summed E-state index contributed by atoms with van der Waals surface area (Å²) >= 11 is 7.67. The van der Waals surface area contributed by atoms with Crippen LogP contribution in [0.25, 0.3) is 0 Å². The fraction of sp³-hybridized carbons (Fsp3) is 0.353. The van der Waals surface area contributed by atoms with Crippen molar-refractivity contribution in [3.05, 3.63) is 51.2 Å². The lowest BCUT2D eigenvalue weighted by Gasteiger charge is -2.19. The van der Waals surface area contributed by atoms with E-state index in [1.807, 2.05) is 24.4 Å². The monoisotopic (exact) mass is 400 g/mol. The van der Waals surface area contributed by atoms with E-state index in [1.165, 1.54) is 33.8 Å². The Balaban J connectivity index is 2.31. The maximum absolute atomic E-state index is 12.6. The molecule has 1 atom stereocenters. The van der Waals surface area contributed by atoms with E-state index in [0.717, 1.165) is 4.88 Å². The van der Waals surface area contributed by atoms with Crippen molar-refractivity contribution in [1.82, 2.24) is 9.62 Å². The minimum atomic E-state index is -3.65. The number of carbonyl (C=O) groups excluding carboxylic acids is 1. The molecule has 1 aromatic heterocycles. The molecule has 1 amide bonds. The molecule has 0 radical (unpaired) electrons. The Kier molecular flexibility index (Phi) is 6.62. The molecular weight excluding hydrogens is 380 g/mol. The Morgan fingerprint density at radius 1 is 1.28 bits per heavy atom. The first-order valence-corrected chi connectivity index (χ1v) is 10.6. The minimum Gasteiger partial charge on any atom is -0.345 e. The van der Waals surface area contributed by atoms with Crippen molar-refractivity contribution in [3.8, 4) is 0 Å². The molecule has 0 saturated heterocycles. The number of amides is 1. The smallest absolute Gasteiger partial charge is 0.253 e. The molecule has 5 nitrogen and oxygen atoms in total. The van der Waals surface area contributed by atoms with E-state index < -0.39 is 15.9 Å². The summed E-state index contributed by atoms with van der Waals surface area (Å²) in [6.45, 7) is 6.13. The van der Waals surface area contributed by atoms with Crippen molar-refractivity contribution in [1.29, 1.82) is 0 Å². The van der Waals surface area contributed by atoms with Gasteiger partial charge in [-0.25, -0.2) is 8.42 Å². The molecule has 136 valence electrons. The van der Waals surface area contributed by atoms with Gasteiger partial charge in [0.2, 0.25) is 10.0 Å².